The molecule has 1 unspecified atom stereocenters. The van der Waals surface area contributed by atoms with Gasteiger partial charge in [0.1, 0.15) is 5.82 Å². The van der Waals surface area contributed by atoms with E-state index in [1.807, 2.05) is 13.2 Å². The number of nitrogens with one attached hydrogen (secondary N) is 1. The molecule has 0 bridgehead atoms. The number of hydrogen-bond acceptors (Lipinski definition) is 4. The average molecular weight is 388 g/mol. The van der Waals surface area contributed by atoms with E-state index in [0.29, 0.717) is 0 Å². The zero-order valence-corrected chi connectivity index (χ0v) is 18.0. The SMILES string of the molecule is CN=C(NCc1ccnc(N2CCOC(C)C2)c1)N(C)CC1CCC(C)CC1. The maximum Gasteiger partial charge on any atom is 0.193 e. The minimum absolute atomic E-state index is 0.257. The number of nitrogens with zero attached hydrogens (tertiary/aromatic N) is 4. The van der Waals surface area contributed by atoms with Gasteiger partial charge in [0.15, 0.2) is 5.96 Å². The molecule has 1 saturated carbocycles. The van der Waals surface area contributed by atoms with E-state index >= 15 is 0 Å². The van der Waals surface area contributed by atoms with Crippen LogP contribution in [0.15, 0.2) is 23.3 Å². The van der Waals surface area contributed by atoms with Crippen molar-refractivity contribution in [2.45, 2.75) is 52.2 Å². The standard InChI is InChI=1S/C22H37N5O/c1-17-5-7-19(8-6-17)16-26(4)22(23-3)25-14-20-9-10-24-21(13-20)27-11-12-28-18(2)15-27/h9-10,13,17-19H,5-8,11-12,14-16H2,1-4H3,(H,23,25). The van der Waals surface area contributed by atoms with Crippen LogP contribution in [0.4, 0.5) is 5.82 Å². The Morgan fingerprint density at radius 1 is 1.32 bits per heavy atom. The van der Waals surface area contributed by atoms with Crippen molar-refractivity contribution in [3.8, 4) is 0 Å². The van der Waals surface area contributed by atoms with E-state index in [1.54, 1.807) is 0 Å². The van der Waals surface area contributed by atoms with Gasteiger partial charge in [0.05, 0.1) is 12.7 Å². The van der Waals surface area contributed by atoms with Gasteiger partial charge < -0.3 is 19.9 Å². The van der Waals surface area contributed by atoms with Gasteiger partial charge in [-0.1, -0.05) is 19.8 Å². The van der Waals surface area contributed by atoms with Crippen molar-refractivity contribution >= 4 is 11.8 Å². The Kier molecular flexibility index (Phi) is 7.54. The number of morpholine rings is 1. The Bertz CT molecular complexity index is 642. The number of hydrogen-bond donors (Lipinski definition) is 1. The fourth-order valence-corrected chi connectivity index (χ4v) is 4.32. The molecule has 2 heterocycles. The summed E-state index contributed by atoms with van der Waals surface area (Å²) in [5.74, 6) is 3.69. The number of guanidine groups is 1. The summed E-state index contributed by atoms with van der Waals surface area (Å²) in [6, 6.07) is 4.26. The second-order valence-corrected chi connectivity index (χ2v) is 8.56. The molecule has 1 saturated heterocycles. The molecule has 0 radical (unpaired) electrons. The van der Waals surface area contributed by atoms with Crippen LogP contribution in [0.5, 0.6) is 0 Å². The number of aliphatic imine (C=N–C) groups is 1. The van der Waals surface area contributed by atoms with Crippen LogP contribution in [0.2, 0.25) is 0 Å². The molecule has 2 fully saturated rings. The average Bonchev–Trinajstić information content (AvgIpc) is 2.70. The van der Waals surface area contributed by atoms with Crippen LogP contribution in [-0.4, -0.2) is 62.3 Å². The molecule has 1 aromatic heterocycles. The van der Waals surface area contributed by atoms with Crippen molar-refractivity contribution in [3.05, 3.63) is 23.9 Å². The molecule has 0 aromatic carbocycles. The Labute approximate surface area is 170 Å². The highest BCUT2D eigenvalue weighted by atomic mass is 16.5. The number of pyridine rings is 1. The summed E-state index contributed by atoms with van der Waals surface area (Å²) in [6.07, 6.45) is 7.58. The molecule has 1 atom stereocenters. The highest BCUT2D eigenvalue weighted by Crippen LogP contribution is 2.28. The molecule has 0 amide bonds. The third-order valence-corrected chi connectivity index (χ3v) is 6.07. The summed E-state index contributed by atoms with van der Waals surface area (Å²) in [5.41, 5.74) is 1.23. The van der Waals surface area contributed by atoms with Crippen molar-refractivity contribution in [1.82, 2.24) is 15.2 Å². The van der Waals surface area contributed by atoms with Crippen molar-refractivity contribution in [2.24, 2.45) is 16.8 Å². The summed E-state index contributed by atoms with van der Waals surface area (Å²) in [5, 5.41) is 3.53. The van der Waals surface area contributed by atoms with Gasteiger partial charge in [-0.2, -0.15) is 0 Å². The van der Waals surface area contributed by atoms with Crippen LogP contribution in [0.1, 0.15) is 45.1 Å². The van der Waals surface area contributed by atoms with Gasteiger partial charge in [-0.25, -0.2) is 4.98 Å². The van der Waals surface area contributed by atoms with Crippen molar-refractivity contribution in [2.75, 3.05) is 45.2 Å². The minimum atomic E-state index is 0.257. The lowest BCUT2D eigenvalue weighted by molar-refractivity contribution is 0.0529. The summed E-state index contributed by atoms with van der Waals surface area (Å²) in [4.78, 5) is 13.7. The summed E-state index contributed by atoms with van der Waals surface area (Å²) in [6.45, 7) is 8.90. The van der Waals surface area contributed by atoms with E-state index in [4.69, 9.17) is 4.74 Å². The largest absolute Gasteiger partial charge is 0.375 e. The molecule has 1 N–H and O–H groups in total. The zero-order valence-electron chi connectivity index (χ0n) is 18.0. The van der Waals surface area contributed by atoms with Crippen molar-refractivity contribution in [1.29, 1.82) is 0 Å². The Balaban J connectivity index is 1.52. The maximum atomic E-state index is 5.64. The van der Waals surface area contributed by atoms with E-state index in [1.165, 1.54) is 31.2 Å². The summed E-state index contributed by atoms with van der Waals surface area (Å²) >= 11 is 0. The van der Waals surface area contributed by atoms with Gasteiger partial charge in [0.2, 0.25) is 0 Å². The first-order valence-corrected chi connectivity index (χ1v) is 10.8. The molecule has 0 spiro atoms. The van der Waals surface area contributed by atoms with Crippen LogP contribution in [0.3, 0.4) is 0 Å². The van der Waals surface area contributed by atoms with Crippen LogP contribution in [-0.2, 0) is 11.3 Å². The lowest BCUT2D eigenvalue weighted by atomic mass is 9.83. The molecular weight excluding hydrogens is 350 g/mol. The van der Waals surface area contributed by atoms with E-state index in [2.05, 4.69) is 58.1 Å². The Morgan fingerprint density at radius 2 is 2.11 bits per heavy atom. The predicted molar refractivity (Wildman–Crippen MR) is 116 cm³/mol. The highest BCUT2D eigenvalue weighted by Gasteiger charge is 2.21. The van der Waals surface area contributed by atoms with Crippen molar-refractivity contribution < 1.29 is 4.74 Å². The Morgan fingerprint density at radius 3 is 2.82 bits per heavy atom. The topological polar surface area (TPSA) is 53.0 Å². The summed E-state index contributed by atoms with van der Waals surface area (Å²) < 4.78 is 5.64. The quantitative estimate of drug-likeness (QED) is 0.621. The van der Waals surface area contributed by atoms with Crippen LogP contribution in [0, 0.1) is 11.8 Å². The molecule has 1 aromatic rings. The lowest BCUT2D eigenvalue weighted by Crippen LogP contribution is -2.42. The Hall–Kier alpha value is -1.82. The van der Waals surface area contributed by atoms with Gasteiger partial charge in [-0.3, -0.25) is 4.99 Å². The van der Waals surface area contributed by atoms with Crippen molar-refractivity contribution in [3.63, 3.8) is 0 Å². The molecule has 28 heavy (non-hydrogen) atoms. The normalized spacial score (nSPS) is 26.2. The fourth-order valence-electron chi connectivity index (χ4n) is 4.32. The molecule has 1 aliphatic carbocycles. The van der Waals surface area contributed by atoms with E-state index in [0.717, 1.165) is 56.4 Å². The maximum absolute atomic E-state index is 5.64. The molecule has 6 nitrogen and oxygen atoms in total. The third kappa shape index (κ3) is 5.84. The first-order chi connectivity index (χ1) is 13.5. The fraction of sp³-hybridized carbons (Fsp3) is 0.727. The minimum Gasteiger partial charge on any atom is -0.375 e. The number of aromatic nitrogens is 1. The molecule has 3 rings (SSSR count). The number of ether oxygens (including phenoxy) is 1. The van der Waals surface area contributed by atoms with E-state index < -0.39 is 0 Å². The monoisotopic (exact) mass is 387 g/mol. The molecule has 1 aliphatic heterocycles. The predicted octanol–water partition coefficient (Wildman–Crippen LogP) is 3.14. The second kappa shape index (κ2) is 10.1. The first-order valence-electron chi connectivity index (χ1n) is 10.8. The first kappa shape index (κ1) is 20.9. The number of rotatable bonds is 5. The van der Waals surface area contributed by atoms with Gasteiger partial charge in [0.25, 0.3) is 0 Å². The molecule has 2 aliphatic rings. The smallest absolute Gasteiger partial charge is 0.193 e. The third-order valence-electron chi connectivity index (χ3n) is 6.07. The highest BCUT2D eigenvalue weighted by molar-refractivity contribution is 5.79. The van der Waals surface area contributed by atoms with Gasteiger partial charge in [-0.05, 0) is 49.3 Å². The van der Waals surface area contributed by atoms with Gasteiger partial charge >= 0.3 is 0 Å². The van der Waals surface area contributed by atoms with Gasteiger partial charge in [0, 0.05) is 46.5 Å². The lowest BCUT2D eigenvalue weighted by Gasteiger charge is -2.32. The van der Waals surface area contributed by atoms with Crippen LogP contribution in [0.25, 0.3) is 0 Å². The molecular formula is C22H37N5O. The van der Waals surface area contributed by atoms with Crippen LogP contribution < -0.4 is 10.2 Å². The number of anilines is 1. The second-order valence-electron chi connectivity index (χ2n) is 8.56. The van der Waals surface area contributed by atoms with E-state index in [9.17, 15) is 0 Å². The molecule has 156 valence electrons. The van der Waals surface area contributed by atoms with Gasteiger partial charge in [-0.15, -0.1) is 0 Å². The summed E-state index contributed by atoms with van der Waals surface area (Å²) in [7, 11) is 4.02. The zero-order chi connectivity index (χ0) is 19.9. The van der Waals surface area contributed by atoms with Crippen LogP contribution >= 0.6 is 0 Å². The molecule has 6 heteroatoms. The van der Waals surface area contributed by atoms with E-state index in [-0.39, 0.29) is 6.10 Å².